The average molecular weight is 433 g/mol. The summed E-state index contributed by atoms with van der Waals surface area (Å²) in [4.78, 5) is 12.2. The largest absolute Gasteiger partial charge is 0.485 e. The van der Waals surface area contributed by atoms with Crippen LogP contribution in [0, 0.1) is 0 Å². The number of halogens is 2. The number of alkyl halides is 1. The molecule has 0 atom stereocenters. The molecule has 0 unspecified atom stereocenters. The number of aromatic nitrogens is 2. The first kappa shape index (κ1) is 17.3. The second kappa shape index (κ2) is 7.00. The standard InChI is InChI=1S/C16H18ClIN2O2/c1-16(2,3)20-15(21)14(17)13(9-19-20)22-10-12-6-4-11(8-18)5-7-12/h4-7,9H,8,10H2,1-3H3. The predicted octanol–water partition coefficient (Wildman–Crippen LogP) is 4.17. The highest BCUT2D eigenvalue weighted by molar-refractivity contribution is 14.1. The molecule has 0 amide bonds. The van der Waals surface area contributed by atoms with Gasteiger partial charge in [-0.2, -0.15) is 5.10 Å². The molecule has 1 aromatic heterocycles. The van der Waals surface area contributed by atoms with E-state index in [1.165, 1.54) is 16.4 Å². The lowest BCUT2D eigenvalue weighted by atomic mass is 10.1. The van der Waals surface area contributed by atoms with Crippen molar-refractivity contribution < 1.29 is 4.74 Å². The summed E-state index contributed by atoms with van der Waals surface area (Å²) in [5, 5.41) is 4.21. The van der Waals surface area contributed by atoms with E-state index >= 15 is 0 Å². The molecule has 0 N–H and O–H groups in total. The molecule has 0 bridgehead atoms. The van der Waals surface area contributed by atoms with Crippen LogP contribution in [0.1, 0.15) is 31.9 Å². The van der Waals surface area contributed by atoms with Gasteiger partial charge in [0, 0.05) is 4.43 Å². The lowest BCUT2D eigenvalue weighted by molar-refractivity contribution is 0.292. The topological polar surface area (TPSA) is 44.1 Å². The molecule has 22 heavy (non-hydrogen) atoms. The molecule has 0 aliphatic heterocycles. The minimum atomic E-state index is -0.422. The summed E-state index contributed by atoms with van der Waals surface area (Å²) in [6.45, 7) is 6.04. The smallest absolute Gasteiger partial charge is 0.289 e. The molecule has 118 valence electrons. The van der Waals surface area contributed by atoms with E-state index in [0.29, 0.717) is 12.4 Å². The zero-order valence-corrected chi connectivity index (χ0v) is 15.7. The molecule has 0 radical (unpaired) electrons. The molecule has 0 saturated carbocycles. The van der Waals surface area contributed by atoms with Crippen molar-refractivity contribution in [3.05, 3.63) is 57.0 Å². The Balaban J connectivity index is 2.16. The number of ether oxygens (including phenoxy) is 1. The van der Waals surface area contributed by atoms with Crippen molar-refractivity contribution in [1.29, 1.82) is 0 Å². The third kappa shape index (κ3) is 4.01. The van der Waals surface area contributed by atoms with Gasteiger partial charge in [-0.1, -0.05) is 58.5 Å². The van der Waals surface area contributed by atoms with E-state index in [4.69, 9.17) is 16.3 Å². The zero-order chi connectivity index (χ0) is 16.3. The first-order valence-corrected chi connectivity index (χ1v) is 8.78. The molecule has 1 heterocycles. The van der Waals surface area contributed by atoms with Gasteiger partial charge in [-0.15, -0.1) is 0 Å². The Labute approximate surface area is 148 Å². The molecule has 2 rings (SSSR count). The van der Waals surface area contributed by atoms with Crippen molar-refractivity contribution in [2.45, 2.75) is 37.3 Å². The molecule has 0 fully saturated rings. The minimum absolute atomic E-state index is 0.0637. The first-order valence-electron chi connectivity index (χ1n) is 6.88. The lowest BCUT2D eigenvalue weighted by Gasteiger charge is -2.21. The molecule has 6 heteroatoms. The van der Waals surface area contributed by atoms with Crippen LogP contribution in [0.3, 0.4) is 0 Å². The Morgan fingerprint density at radius 2 is 1.82 bits per heavy atom. The predicted molar refractivity (Wildman–Crippen MR) is 97.0 cm³/mol. The quantitative estimate of drug-likeness (QED) is 0.538. The highest BCUT2D eigenvalue weighted by atomic mass is 127. The lowest BCUT2D eigenvalue weighted by Crippen LogP contribution is -2.36. The van der Waals surface area contributed by atoms with Gasteiger partial charge in [0.05, 0.1) is 11.7 Å². The van der Waals surface area contributed by atoms with E-state index < -0.39 is 5.54 Å². The third-order valence-electron chi connectivity index (χ3n) is 3.09. The molecule has 0 aliphatic rings. The number of nitrogens with zero attached hydrogens (tertiary/aromatic N) is 2. The van der Waals surface area contributed by atoms with E-state index in [9.17, 15) is 4.79 Å². The van der Waals surface area contributed by atoms with Gasteiger partial charge in [0.15, 0.2) is 10.8 Å². The fourth-order valence-corrected chi connectivity index (χ4v) is 2.57. The van der Waals surface area contributed by atoms with Crippen molar-refractivity contribution in [3.63, 3.8) is 0 Å². The fourth-order valence-electron chi connectivity index (χ4n) is 1.88. The van der Waals surface area contributed by atoms with E-state index in [1.807, 2.05) is 32.9 Å². The Bertz CT molecular complexity index is 706. The van der Waals surface area contributed by atoms with E-state index in [1.54, 1.807) is 0 Å². The SMILES string of the molecule is CC(C)(C)n1ncc(OCc2ccc(CI)cc2)c(Cl)c1=O. The highest BCUT2D eigenvalue weighted by Gasteiger charge is 2.19. The van der Waals surface area contributed by atoms with Crippen molar-refractivity contribution in [1.82, 2.24) is 9.78 Å². The summed E-state index contributed by atoms with van der Waals surface area (Å²) >= 11 is 8.44. The third-order valence-corrected chi connectivity index (χ3v) is 4.32. The van der Waals surface area contributed by atoms with Gasteiger partial charge < -0.3 is 4.74 Å². The van der Waals surface area contributed by atoms with Crippen LogP contribution in [0.4, 0.5) is 0 Å². The number of rotatable bonds is 4. The maximum absolute atomic E-state index is 12.2. The maximum Gasteiger partial charge on any atom is 0.289 e. The first-order chi connectivity index (χ1) is 10.3. The van der Waals surface area contributed by atoms with Gasteiger partial charge in [-0.25, -0.2) is 4.68 Å². The molecule has 0 spiro atoms. The second-order valence-corrected chi connectivity index (χ2v) is 7.09. The van der Waals surface area contributed by atoms with Crippen LogP contribution in [-0.4, -0.2) is 9.78 Å². The van der Waals surface area contributed by atoms with Gasteiger partial charge in [0.25, 0.3) is 5.56 Å². The maximum atomic E-state index is 12.2. The summed E-state index contributed by atoms with van der Waals surface area (Å²) in [6.07, 6.45) is 1.49. The number of hydrogen-bond donors (Lipinski definition) is 0. The van der Waals surface area contributed by atoms with Crippen molar-refractivity contribution in [2.24, 2.45) is 0 Å². The van der Waals surface area contributed by atoms with Gasteiger partial charge in [-0.3, -0.25) is 4.79 Å². The summed E-state index contributed by atoms with van der Waals surface area (Å²) in [7, 11) is 0. The average Bonchev–Trinajstić information content (AvgIpc) is 2.48. The van der Waals surface area contributed by atoms with Crippen molar-refractivity contribution >= 4 is 34.2 Å². The van der Waals surface area contributed by atoms with Crippen LogP contribution in [0.15, 0.2) is 35.3 Å². The normalized spacial score (nSPS) is 11.5. The molecule has 0 aliphatic carbocycles. The van der Waals surface area contributed by atoms with Crippen LogP contribution < -0.4 is 10.3 Å². The van der Waals surface area contributed by atoms with Crippen LogP contribution in [-0.2, 0) is 16.6 Å². The zero-order valence-electron chi connectivity index (χ0n) is 12.8. The van der Waals surface area contributed by atoms with E-state index in [-0.39, 0.29) is 10.6 Å². The Morgan fingerprint density at radius 1 is 1.23 bits per heavy atom. The van der Waals surface area contributed by atoms with Gasteiger partial charge >= 0.3 is 0 Å². The summed E-state index contributed by atoms with van der Waals surface area (Å²) in [5.74, 6) is 0.310. The summed E-state index contributed by atoms with van der Waals surface area (Å²) in [5.41, 5.74) is 1.52. The molecule has 1 aromatic carbocycles. The molecular formula is C16H18ClIN2O2. The monoisotopic (exact) mass is 432 g/mol. The van der Waals surface area contributed by atoms with E-state index in [0.717, 1.165) is 9.99 Å². The van der Waals surface area contributed by atoms with Crippen molar-refractivity contribution in [3.8, 4) is 5.75 Å². The summed E-state index contributed by atoms with van der Waals surface area (Å²) in [6, 6.07) is 8.13. The van der Waals surface area contributed by atoms with Crippen LogP contribution in [0.25, 0.3) is 0 Å². The molecule has 4 nitrogen and oxygen atoms in total. The van der Waals surface area contributed by atoms with Crippen LogP contribution >= 0.6 is 34.2 Å². The van der Waals surface area contributed by atoms with Gasteiger partial charge in [0.2, 0.25) is 0 Å². The van der Waals surface area contributed by atoms with Crippen molar-refractivity contribution in [2.75, 3.05) is 0 Å². The molecular weight excluding hydrogens is 415 g/mol. The molecule has 0 saturated heterocycles. The second-order valence-electron chi connectivity index (χ2n) is 5.95. The highest BCUT2D eigenvalue weighted by Crippen LogP contribution is 2.22. The minimum Gasteiger partial charge on any atom is -0.485 e. The Kier molecular flexibility index (Phi) is 5.50. The van der Waals surface area contributed by atoms with Crippen LogP contribution in [0.2, 0.25) is 5.02 Å². The van der Waals surface area contributed by atoms with Gasteiger partial charge in [0.1, 0.15) is 6.61 Å². The van der Waals surface area contributed by atoms with E-state index in [2.05, 4.69) is 39.8 Å². The summed E-state index contributed by atoms with van der Waals surface area (Å²) < 4.78 is 7.97. The number of hydrogen-bond acceptors (Lipinski definition) is 3. The Hall–Kier alpha value is -1.08. The van der Waals surface area contributed by atoms with Gasteiger partial charge in [-0.05, 0) is 31.9 Å². The Morgan fingerprint density at radius 3 is 2.36 bits per heavy atom. The number of benzene rings is 1. The van der Waals surface area contributed by atoms with Crippen LogP contribution in [0.5, 0.6) is 5.75 Å². The fraction of sp³-hybridized carbons (Fsp3) is 0.375. The molecule has 2 aromatic rings.